The maximum absolute atomic E-state index is 11.5. The molecule has 0 aliphatic heterocycles. The molecule has 2 amide bonds. The number of Topliss-reactive ketones (excluding diaryl/α,β-unsaturated/α-hetero) is 1. The number of nitrogens with one attached hydrogen (secondary N) is 2. The van der Waals surface area contributed by atoms with Crippen molar-refractivity contribution < 1.29 is 9.59 Å². The normalized spacial score (nSPS) is 33.2. The number of hydrogen-bond donors (Lipinski definition) is 2. The van der Waals surface area contributed by atoms with E-state index in [9.17, 15) is 9.59 Å². The van der Waals surface area contributed by atoms with E-state index in [2.05, 4.69) is 23.6 Å². The summed E-state index contributed by atoms with van der Waals surface area (Å²) >= 11 is 0. The zero-order valence-corrected chi connectivity index (χ0v) is 11.4. The van der Waals surface area contributed by atoms with E-state index < -0.39 is 0 Å². The monoisotopic (exact) mass is 250 g/mol. The Hall–Kier alpha value is -1.32. The number of amides is 2. The molecule has 0 aromatic heterocycles. The molecule has 1 fully saturated rings. The van der Waals surface area contributed by atoms with Crippen LogP contribution in [0.4, 0.5) is 4.79 Å². The van der Waals surface area contributed by atoms with Crippen LogP contribution >= 0.6 is 0 Å². The lowest BCUT2D eigenvalue weighted by Gasteiger charge is -2.52. The van der Waals surface area contributed by atoms with E-state index in [1.165, 1.54) is 5.57 Å². The average Bonchev–Trinajstić information content (AvgIpc) is 2.61. The minimum Gasteiger partial charge on any atom is -0.341 e. The lowest BCUT2D eigenvalue weighted by Crippen LogP contribution is -2.54. The molecule has 100 valence electrons. The molecule has 4 nitrogen and oxygen atoms in total. The molecule has 3 atom stereocenters. The Morgan fingerprint density at radius 3 is 2.78 bits per heavy atom. The van der Waals surface area contributed by atoms with Crippen molar-refractivity contribution in [1.82, 2.24) is 10.6 Å². The number of carbonyl (C=O) groups is 2. The smallest absolute Gasteiger partial charge is 0.314 e. The first-order valence-corrected chi connectivity index (χ1v) is 6.59. The molecule has 2 N–H and O–H groups in total. The van der Waals surface area contributed by atoms with Crippen LogP contribution in [-0.4, -0.2) is 25.4 Å². The van der Waals surface area contributed by atoms with E-state index in [1.807, 2.05) is 0 Å². The molecule has 2 aliphatic rings. The van der Waals surface area contributed by atoms with E-state index in [4.69, 9.17) is 0 Å². The molecule has 0 saturated heterocycles. The van der Waals surface area contributed by atoms with Gasteiger partial charge >= 0.3 is 6.03 Å². The van der Waals surface area contributed by atoms with Gasteiger partial charge in [-0.05, 0) is 38.5 Å². The zero-order valence-electron chi connectivity index (χ0n) is 11.4. The van der Waals surface area contributed by atoms with Crippen LogP contribution in [-0.2, 0) is 4.79 Å². The summed E-state index contributed by atoms with van der Waals surface area (Å²) in [6.45, 7) is 4.39. The molecule has 2 aliphatic carbocycles. The van der Waals surface area contributed by atoms with Crippen molar-refractivity contribution >= 4 is 11.8 Å². The molecule has 0 aromatic rings. The largest absolute Gasteiger partial charge is 0.341 e. The molecule has 1 saturated carbocycles. The van der Waals surface area contributed by atoms with Gasteiger partial charge in [0.15, 0.2) is 0 Å². The fourth-order valence-corrected chi connectivity index (χ4v) is 3.71. The second kappa shape index (κ2) is 4.75. The molecule has 2 rings (SSSR count). The molecular formula is C14H22N2O2. The Labute approximate surface area is 108 Å². The fourth-order valence-electron chi connectivity index (χ4n) is 3.71. The Morgan fingerprint density at radius 2 is 2.22 bits per heavy atom. The third-order valence-electron chi connectivity index (χ3n) is 4.36. The van der Waals surface area contributed by atoms with Gasteiger partial charge in [0.1, 0.15) is 5.78 Å². The first kappa shape index (κ1) is 13.1. The van der Waals surface area contributed by atoms with Crippen molar-refractivity contribution in [3.05, 3.63) is 11.6 Å². The predicted octanol–water partition coefficient (Wildman–Crippen LogP) is 1.87. The van der Waals surface area contributed by atoms with Crippen LogP contribution in [0.25, 0.3) is 0 Å². The van der Waals surface area contributed by atoms with Crippen molar-refractivity contribution in [1.29, 1.82) is 0 Å². The molecule has 0 aromatic carbocycles. The highest BCUT2D eigenvalue weighted by atomic mass is 16.2. The topological polar surface area (TPSA) is 58.2 Å². The van der Waals surface area contributed by atoms with Crippen LogP contribution < -0.4 is 10.6 Å². The van der Waals surface area contributed by atoms with Gasteiger partial charge < -0.3 is 15.4 Å². The first-order valence-electron chi connectivity index (χ1n) is 6.59. The quantitative estimate of drug-likeness (QED) is 0.748. The summed E-state index contributed by atoms with van der Waals surface area (Å²) in [5.41, 5.74) is 1.39. The third-order valence-corrected chi connectivity index (χ3v) is 4.36. The molecule has 18 heavy (non-hydrogen) atoms. The van der Waals surface area contributed by atoms with Gasteiger partial charge in [-0.2, -0.15) is 0 Å². The summed E-state index contributed by atoms with van der Waals surface area (Å²) in [5.74, 6) is 1.37. The molecule has 3 unspecified atom stereocenters. The highest BCUT2D eigenvalue weighted by molar-refractivity contribution is 5.77. The minimum absolute atomic E-state index is 0.0409. The number of fused-ring (bicyclic) bond motifs is 1. The molecule has 0 radical (unpaired) electrons. The summed E-state index contributed by atoms with van der Waals surface area (Å²) in [6, 6.07) is -0.167. The van der Waals surface area contributed by atoms with Crippen LogP contribution in [0.15, 0.2) is 11.6 Å². The minimum atomic E-state index is -0.167. The SMILES string of the molecule is CNC(=O)NCC1(CC(C)=O)CC2CC(C)=CC21. The van der Waals surface area contributed by atoms with E-state index in [0.29, 0.717) is 24.8 Å². The van der Waals surface area contributed by atoms with Gasteiger partial charge in [0, 0.05) is 25.4 Å². The Balaban J connectivity index is 2.06. The second-order valence-corrected chi connectivity index (χ2v) is 5.88. The maximum atomic E-state index is 11.5. The average molecular weight is 250 g/mol. The standard InChI is InChI=1S/C14H22N2O2/c1-9-4-11-7-14(6-10(2)17,12(11)5-9)8-16-13(18)15-3/h5,11-12H,4,6-8H2,1-3H3,(H2,15,16,18). The van der Waals surface area contributed by atoms with Crippen molar-refractivity contribution in [2.24, 2.45) is 17.3 Å². The Morgan fingerprint density at radius 1 is 1.50 bits per heavy atom. The van der Waals surface area contributed by atoms with Crippen molar-refractivity contribution in [2.45, 2.75) is 33.1 Å². The van der Waals surface area contributed by atoms with E-state index in [-0.39, 0.29) is 17.2 Å². The second-order valence-electron chi connectivity index (χ2n) is 5.88. The number of rotatable bonds is 4. The number of carbonyl (C=O) groups excluding carboxylic acids is 2. The van der Waals surface area contributed by atoms with Gasteiger partial charge in [0.2, 0.25) is 0 Å². The highest BCUT2D eigenvalue weighted by Crippen LogP contribution is 2.59. The summed E-state index contributed by atoms with van der Waals surface area (Å²) in [4.78, 5) is 22.8. The fraction of sp³-hybridized carbons (Fsp3) is 0.714. The van der Waals surface area contributed by atoms with Gasteiger partial charge in [-0.1, -0.05) is 11.6 Å². The van der Waals surface area contributed by atoms with Crippen LogP contribution in [0, 0.1) is 17.3 Å². The van der Waals surface area contributed by atoms with Crippen LogP contribution in [0.3, 0.4) is 0 Å². The van der Waals surface area contributed by atoms with Crippen molar-refractivity contribution in [2.75, 3.05) is 13.6 Å². The predicted molar refractivity (Wildman–Crippen MR) is 70.2 cm³/mol. The number of ketones is 1. The summed E-state index contributed by atoms with van der Waals surface area (Å²) in [6.07, 6.45) is 5.09. The first-order chi connectivity index (χ1) is 8.47. The third kappa shape index (κ3) is 2.28. The van der Waals surface area contributed by atoms with Gasteiger partial charge in [0.05, 0.1) is 0 Å². The van der Waals surface area contributed by atoms with Crippen molar-refractivity contribution in [3.63, 3.8) is 0 Å². The van der Waals surface area contributed by atoms with E-state index in [0.717, 1.165) is 12.8 Å². The number of hydrogen-bond acceptors (Lipinski definition) is 2. The van der Waals surface area contributed by atoms with Gasteiger partial charge in [0.25, 0.3) is 0 Å². The van der Waals surface area contributed by atoms with Gasteiger partial charge in [-0.25, -0.2) is 4.79 Å². The molecule has 0 heterocycles. The summed E-state index contributed by atoms with van der Waals surface area (Å²) in [7, 11) is 1.61. The molecular weight excluding hydrogens is 228 g/mol. The lowest BCUT2D eigenvalue weighted by molar-refractivity contribution is -0.123. The summed E-state index contributed by atoms with van der Waals surface area (Å²) < 4.78 is 0. The van der Waals surface area contributed by atoms with Crippen LogP contribution in [0.2, 0.25) is 0 Å². The van der Waals surface area contributed by atoms with Crippen molar-refractivity contribution in [3.8, 4) is 0 Å². The molecule has 0 bridgehead atoms. The maximum Gasteiger partial charge on any atom is 0.314 e. The number of allylic oxidation sites excluding steroid dienone is 2. The number of urea groups is 1. The van der Waals surface area contributed by atoms with Crippen LogP contribution in [0.5, 0.6) is 0 Å². The van der Waals surface area contributed by atoms with Gasteiger partial charge in [-0.3, -0.25) is 0 Å². The van der Waals surface area contributed by atoms with Gasteiger partial charge in [-0.15, -0.1) is 0 Å². The molecule has 0 spiro atoms. The highest BCUT2D eigenvalue weighted by Gasteiger charge is 2.54. The van der Waals surface area contributed by atoms with Crippen LogP contribution in [0.1, 0.15) is 33.1 Å². The Kier molecular flexibility index (Phi) is 3.46. The Bertz CT molecular complexity index is 403. The van der Waals surface area contributed by atoms with E-state index in [1.54, 1.807) is 14.0 Å². The lowest BCUT2D eigenvalue weighted by atomic mass is 9.53. The molecule has 4 heteroatoms. The van der Waals surface area contributed by atoms with E-state index >= 15 is 0 Å². The zero-order chi connectivity index (χ0) is 13.3. The summed E-state index contributed by atoms with van der Waals surface area (Å²) in [5, 5.41) is 5.43.